The van der Waals surface area contributed by atoms with Gasteiger partial charge in [0, 0.05) is 12.6 Å². The predicted octanol–water partition coefficient (Wildman–Crippen LogP) is 1.38. The molecule has 1 aliphatic carbocycles. The molecule has 0 aliphatic heterocycles. The maximum Gasteiger partial charge on any atom is 0.234 e. The van der Waals surface area contributed by atoms with Crippen LogP contribution < -0.4 is 5.73 Å². The fourth-order valence-electron chi connectivity index (χ4n) is 2.20. The van der Waals surface area contributed by atoms with Crippen LogP contribution in [0.4, 0.5) is 0 Å². The molecular weight excluding hydrogens is 206 g/mol. The van der Waals surface area contributed by atoms with Gasteiger partial charge in [0.25, 0.3) is 0 Å². The maximum atomic E-state index is 6.10. The number of ether oxygens (including phenoxy) is 1. The van der Waals surface area contributed by atoms with E-state index in [1.165, 1.54) is 0 Å². The molecule has 2 atom stereocenters. The standard InChI is InChI=1S/C11H19N3O2/c1-3-15-7-9-13-10(16-14-9)11(2)6-4-5-8(11)12/h8H,3-7,12H2,1-2H3. The monoisotopic (exact) mass is 225 g/mol. The first-order valence-corrected chi connectivity index (χ1v) is 5.83. The highest BCUT2D eigenvalue weighted by Crippen LogP contribution is 2.38. The van der Waals surface area contributed by atoms with Crippen LogP contribution >= 0.6 is 0 Å². The van der Waals surface area contributed by atoms with Gasteiger partial charge >= 0.3 is 0 Å². The second-order valence-electron chi connectivity index (χ2n) is 4.57. The molecule has 1 aromatic rings. The van der Waals surface area contributed by atoms with Crippen LogP contribution in [-0.4, -0.2) is 22.8 Å². The lowest BCUT2D eigenvalue weighted by atomic mass is 9.85. The van der Waals surface area contributed by atoms with Crippen molar-refractivity contribution >= 4 is 0 Å². The molecule has 0 radical (unpaired) electrons. The summed E-state index contributed by atoms with van der Waals surface area (Å²) in [7, 11) is 0. The van der Waals surface area contributed by atoms with Gasteiger partial charge in [-0.1, -0.05) is 11.6 Å². The molecule has 2 N–H and O–H groups in total. The molecule has 2 unspecified atom stereocenters. The Hall–Kier alpha value is -0.940. The summed E-state index contributed by atoms with van der Waals surface area (Å²) in [5.74, 6) is 1.27. The normalized spacial score (nSPS) is 29.8. The third-order valence-electron chi connectivity index (χ3n) is 3.42. The fraction of sp³-hybridized carbons (Fsp3) is 0.818. The van der Waals surface area contributed by atoms with Gasteiger partial charge in [-0.2, -0.15) is 4.98 Å². The molecule has 16 heavy (non-hydrogen) atoms. The fourth-order valence-corrected chi connectivity index (χ4v) is 2.20. The van der Waals surface area contributed by atoms with Crippen LogP contribution in [0.1, 0.15) is 44.8 Å². The number of rotatable bonds is 4. The smallest absolute Gasteiger partial charge is 0.234 e. The Bertz CT molecular complexity index is 353. The minimum atomic E-state index is -0.155. The summed E-state index contributed by atoms with van der Waals surface area (Å²) >= 11 is 0. The van der Waals surface area contributed by atoms with Gasteiger partial charge in [-0.3, -0.25) is 0 Å². The van der Waals surface area contributed by atoms with E-state index in [1.54, 1.807) is 0 Å². The van der Waals surface area contributed by atoms with Crippen molar-refractivity contribution in [2.45, 2.75) is 51.2 Å². The number of nitrogens with two attached hydrogens (primary N) is 1. The van der Waals surface area contributed by atoms with E-state index in [-0.39, 0.29) is 11.5 Å². The van der Waals surface area contributed by atoms with Gasteiger partial charge in [0.2, 0.25) is 5.89 Å². The van der Waals surface area contributed by atoms with Gasteiger partial charge in [-0.15, -0.1) is 0 Å². The second kappa shape index (κ2) is 4.51. The van der Waals surface area contributed by atoms with Gasteiger partial charge in [-0.05, 0) is 26.7 Å². The van der Waals surface area contributed by atoms with Gasteiger partial charge in [0.05, 0.1) is 5.41 Å². The van der Waals surface area contributed by atoms with E-state index in [2.05, 4.69) is 17.1 Å². The summed E-state index contributed by atoms with van der Waals surface area (Å²) < 4.78 is 10.5. The molecule has 0 spiro atoms. The molecule has 1 aromatic heterocycles. The van der Waals surface area contributed by atoms with Crippen molar-refractivity contribution in [1.29, 1.82) is 0 Å². The van der Waals surface area contributed by atoms with Crippen molar-refractivity contribution in [3.05, 3.63) is 11.7 Å². The number of hydrogen-bond acceptors (Lipinski definition) is 5. The van der Waals surface area contributed by atoms with Crippen LogP contribution in [0.15, 0.2) is 4.52 Å². The SMILES string of the molecule is CCOCc1noc(C2(C)CCCC2N)n1. The summed E-state index contributed by atoms with van der Waals surface area (Å²) in [6, 6.07) is 0.118. The van der Waals surface area contributed by atoms with E-state index < -0.39 is 0 Å². The molecule has 1 fully saturated rings. The molecule has 0 aromatic carbocycles. The number of aromatic nitrogens is 2. The minimum absolute atomic E-state index is 0.118. The third-order valence-corrected chi connectivity index (χ3v) is 3.42. The number of hydrogen-bond donors (Lipinski definition) is 1. The van der Waals surface area contributed by atoms with Crippen molar-refractivity contribution in [2.24, 2.45) is 5.73 Å². The lowest BCUT2D eigenvalue weighted by Gasteiger charge is -2.23. The lowest BCUT2D eigenvalue weighted by Crippen LogP contribution is -2.38. The summed E-state index contributed by atoms with van der Waals surface area (Å²) in [6.45, 7) is 5.10. The zero-order valence-corrected chi connectivity index (χ0v) is 9.90. The molecule has 5 heteroatoms. The zero-order chi connectivity index (χ0) is 11.6. The Morgan fingerprint density at radius 1 is 1.62 bits per heavy atom. The molecule has 2 rings (SSSR count). The molecule has 0 amide bonds. The average molecular weight is 225 g/mol. The highest BCUT2D eigenvalue weighted by molar-refractivity contribution is 5.11. The maximum absolute atomic E-state index is 6.10. The van der Waals surface area contributed by atoms with Crippen molar-refractivity contribution in [3.8, 4) is 0 Å². The van der Waals surface area contributed by atoms with Crippen LogP contribution in [0, 0.1) is 0 Å². The Labute approximate surface area is 95.3 Å². The first kappa shape index (κ1) is 11.5. The molecule has 1 aliphatic rings. The van der Waals surface area contributed by atoms with Gasteiger partial charge in [-0.25, -0.2) is 0 Å². The lowest BCUT2D eigenvalue weighted by molar-refractivity contribution is 0.126. The summed E-state index contributed by atoms with van der Waals surface area (Å²) in [6.07, 6.45) is 3.17. The van der Waals surface area contributed by atoms with Crippen LogP contribution in [0.2, 0.25) is 0 Å². The van der Waals surface area contributed by atoms with Gasteiger partial charge < -0.3 is 15.0 Å². The predicted molar refractivity (Wildman–Crippen MR) is 58.8 cm³/mol. The Morgan fingerprint density at radius 2 is 2.44 bits per heavy atom. The van der Waals surface area contributed by atoms with Crippen molar-refractivity contribution in [3.63, 3.8) is 0 Å². The van der Waals surface area contributed by atoms with Gasteiger partial charge in [0.1, 0.15) is 6.61 Å². The van der Waals surface area contributed by atoms with E-state index in [4.69, 9.17) is 15.0 Å². The van der Waals surface area contributed by atoms with E-state index in [9.17, 15) is 0 Å². The first-order chi connectivity index (χ1) is 7.66. The highest BCUT2D eigenvalue weighted by atomic mass is 16.5. The van der Waals surface area contributed by atoms with E-state index >= 15 is 0 Å². The highest BCUT2D eigenvalue weighted by Gasteiger charge is 2.42. The van der Waals surface area contributed by atoms with Crippen molar-refractivity contribution in [2.75, 3.05) is 6.61 Å². The summed E-state index contributed by atoms with van der Waals surface area (Å²) in [5.41, 5.74) is 5.94. The Balaban J connectivity index is 2.11. The largest absolute Gasteiger partial charge is 0.374 e. The van der Waals surface area contributed by atoms with Crippen LogP contribution in [0.25, 0.3) is 0 Å². The van der Waals surface area contributed by atoms with E-state index in [0.717, 1.165) is 19.3 Å². The van der Waals surface area contributed by atoms with E-state index in [0.29, 0.717) is 24.9 Å². The van der Waals surface area contributed by atoms with E-state index in [1.807, 2.05) is 6.92 Å². The van der Waals surface area contributed by atoms with Gasteiger partial charge in [0.15, 0.2) is 5.82 Å². The summed E-state index contributed by atoms with van der Waals surface area (Å²) in [4.78, 5) is 4.37. The van der Waals surface area contributed by atoms with Crippen LogP contribution in [-0.2, 0) is 16.8 Å². The molecule has 1 heterocycles. The van der Waals surface area contributed by atoms with Crippen LogP contribution in [0.3, 0.4) is 0 Å². The quantitative estimate of drug-likeness (QED) is 0.837. The Morgan fingerprint density at radius 3 is 3.06 bits per heavy atom. The van der Waals surface area contributed by atoms with Crippen LogP contribution in [0.5, 0.6) is 0 Å². The Kier molecular flexibility index (Phi) is 3.25. The van der Waals surface area contributed by atoms with Crippen molar-refractivity contribution in [1.82, 2.24) is 10.1 Å². The first-order valence-electron chi connectivity index (χ1n) is 5.83. The molecule has 0 bridgehead atoms. The number of nitrogens with zero attached hydrogens (tertiary/aromatic N) is 2. The topological polar surface area (TPSA) is 74.2 Å². The molecule has 1 saturated carbocycles. The zero-order valence-electron chi connectivity index (χ0n) is 9.90. The molecule has 90 valence electrons. The minimum Gasteiger partial charge on any atom is -0.374 e. The average Bonchev–Trinajstić information content (AvgIpc) is 2.85. The molecular formula is C11H19N3O2. The molecule has 5 nitrogen and oxygen atoms in total. The third kappa shape index (κ3) is 1.97. The summed E-state index contributed by atoms with van der Waals surface area (Å²) in [5, 5.41) is 3.91. The van der Waals surface area contributed by atoms with Crippen molar-refractivity contribution < 1.29 is 9.26 Å². The molecule has 0 saturated heterocycles. The second-order valence-corrected chi connectivity index (χ2v) is 4.57.